The highest BCUT2D eigenvalue weighted by Gasteiger charge is 2.30. The van der Waals surface area contributed by atoms with Crippen molar-refractivity contribution in [2.45, 2.75) is 31.9 Å². The van der Waals surface area contributed by atoms with Crippen LogP contribution in [0.5, 0.6) is 0 Å². The molecular weight excluding hydrogens is 180 g/mol. The Morgan fingerprint density at radius 3 is 2.93 bits per heavy atom. The molecule has 0 radical (unpaired) electrons. The zero-order valence-corrected chi connectivity index (χ0v) is 8.30. The summed E-state index contributed by atoms with van der Waals surface area (Å²) in [5, 5.41) is 17.2. The fourth-order valence-corrected chi connectivity index (χ4v) is 1.77. The largest absolute Gasteiger partial charge is 0.387 e. The van der Waals surface area contributed by atoms with Crippen molar-refractivity contribution >= 4 is 0 Å². The Hall–Kier alpha value is -0.940. The maximum atomic E-state index is 9.27. The molecule has 0 spiro atoms. The maximum absolute atomic E-state index is 9.27. The van der Waals surface area contributed by atoms with Crippen LogP contribution in [0.4, 0.5) is 0 Å². The molecule has 0 amide bonds. The lowest BCUT2D eigenvalue weighted by atomic mass is 9.80. The van der Waals surface area contributed by atoms with E-state index >= 15 is 0 Å². The van der Waals surface area contributed by atoms with Gasteiger partial charge in [-0.15, -0.1) is 5.10 Å². The fraction of sp³-hybridized carbons (Fsp3) is 0.778. The van der Waals surface area contributed by atoms with Crippen molar-refractivity contribution in [1.82, 2.24) is 15.0 Å². The van der Waals surface area contributed by atoms with E-state index in [1.165, 1.54) is 0 Å². The van der Waals surface area contributed by atoms with Crippen LogP contribution in [0.15, 0.2) is 6.20 Å². The van der Waals surface area contributed by atoms with Crippen LogP contribution in [0.25, 0.3) is 0 Å². The number of nitrogens with zero attached hydrogens (tertiary/aromatic N) is 3. The van der Waals surface area contributed by atoms with Crippen LogP contribution in [-0.4, -0.2) is 26.6 Å². The second-order valence-electron chi connectivity index (χ2n) is 4.03. The smallest absolute Gasteiger partial charge is 0.111 e. The molecule has 1 aliphatic rings. The van der Waals surface area contributed by atoms with Crippen LogP contribution in [0.2, 0.25) is 0 Å². The van der Waals surface area contributed by atoms with Crippen LogP contribution in [0.3, 0.4) is 0 Å². The number of hydrogen-bond donors (Lipinski definition) is 2. The van der Waals surface area contributed by atoms with Gasteiger partial charge in [-0.2, -0.15) is 0 Å². The number of nitrogens with two attached hydrogens (primary N) is 1. The highest BCUT2D eigenvalue weighted by molar-refractivity contribution is 4.98. The minimum absolute atomic E-state index is 0.434. The number of aliphatic hydroxyl groups is 1. The van der Waals surface area contributed by atoms with Crippen LogP contribution >= 0.6 is 0 Å². The molecule has 0 aromatic carbocycles. The molecule has 0 saturated heterocycles. The van der Waals surface area contributed by atoms with Gasteiger partial charge in [-0.05, 0) is 32.2 Å². The average molecular weight is 196 g/mol. The molecular formula is C9H16N4O. The summed E-state index contributed by atoms with van der Waals surface area (Å²) in [5.41, 5.74) is 6.18. The molecule has 2 rings (SSSR count). The average Bonchev–Trinajstić information content (AvgIpc) is 2.51. The Kier molecular flexibility index (Phi) is 2.52. The van der Waals surface area contributed by atoms with E-state index in [9.17, 15) is 5.11 Å². The van der Waals surface area contributed by atoms with Crippen molar-refractivity contribution in [3.8, 4) is 0 Å². The molecule has 1 unspecified atom stereocenters. The van der Waals surface area contributed by atoms with E-state index in [-0.39, 0.29) is 0 Å². The Bertz CT molecular complexity index is 304. The Morgan fingerprint density at radius 2 is 2.43 bits per heavy atom. The standard InChI is InChI=1S/C9H16N4O/c1-6(14)9-5-13(12-11-9)8-2-7(3-8)4-10/h5-8,14H,2-4,10H2,1H3. The lowest BCUT2D eigenvalue weighted by Crippen LogP contribution is -2.32. The first kappa shape index (κ1) is 9.61. The van der Waals surface area contributed by atoms with Crippen LogP contribution in [0.1, 0.15) is 37.6 Å². The van der Waals surface area contributed by atoms with Gasteiger partial charge in [0.05, 0.1) is 18.3 Å². The van der Waals surface area contributed by atoms with Gasteiger partial charge in [0.1, 0.15) is 5.69 Å². The van der Waals surface area contributed by atoms with Gasteiger partial charge in [0.15, 0.2) is 0 Å². The number of aromatic nitrogens is 3. The highest BCUT2D eigenvalue weighted by Crippen LogP contribution is 2.36. The summed E-state index contributed by atoms with van der Waals surface area (Å²) < 4.78 is 1.84. The third-order valence-corrected chi connectivity index (χ3v) is 2.87. The lowest BCUT2D eigenvalue weighted by Gasteiger charge is -2.33. The van der Waals surface area contributed by atoms with Gasteiger partial charge >= 0.3 is 0 Å². The lowest BCUT2D eigenvalue weighted by molar-refractivity contribution is 0.186. The SMILES string of the molecule is CC(O)c1cn(C2CC(CN)C2)nn1. The molecule has 5 heteroatoms. The topological polar surface area (TPSA) is 77.0 Å². The van der Waals surface area contributed by atoms with E-state index < -0.39 is 6.10 Å². The summed E-state index contributed by atoms with van der Waals surface area (Å²) >= 11 is 0. The molecule has 1 aromatic rings. The van der Waals surface area contributed by atoms with Crippen LogP contribution < -0.4 is 5.73 Å². The van der Waals surface area contributed by atoms with E-state index in [2.05, 4.69) is 10.3 Å². The monoisotopic (exact) mass is 196 g/mol. The van der Waals surface area contributed by atoms with E-state index in [4.69, 9.17) is 5.73 Å². The molecule has 3 N–H and O–H groups in total. The third kappa shape index (κ3) is 1.65. The van der Waals surface area contributed by atoms with Crippen molar-refractivity contribution in [3.05, 3.63) is 11.9 Å². The fourth-order valence-electron chi connectivity index (χ4n) is 1.77. The van der Waals surface area contributed by atoms with Crippen molar-refractivity contribution in [2.24, 2.45) is 11.7 Å². The van der Waals surface area contributed by atoms with E-state index in [0.29, 0.717) is 17.7 Å². The second kappa shape index (κ2) is 3.67. The first-order valence-electron chi connectivity index (χ1n) is 5.00. The zero-order chi connectivity index (χ0) is 10.1. The predicted molar refractivity (Wildman–Crippen MR) is 51.5 cm³/mol. The van der Waals surface area contributed by atoms with E-state index in [1.807, 2.05) is 10.9 Å². The van der Waals surface area contributed by atoms with E-state index in [0.717, 1.165) is 19.4 Å². The summed E-state index contributed by atoms with van der Waals surface area (Å²) in [6.07, 6.45) is 3.45. The molecule has 1 saturated carbocycles. The van der Waals surface area contributed by atoms with Crippen LogP contribution in [-0.2, 0) is 0 Å². The number of hydrogen-bond acceptors (Lipinski definition) is 4. The zero-order valence-electron chi connectivity index (χ0n) is 8.30. The summed E-state index contributed by atoms with van der Waals surface area (Å²) in [6, 6.07) is 0.434. The van der Waals surface area contributed by atoms with Crippen molar-refractivity contribution < 1.29 is 5.11 Å². The molecule has 1 aliphatic carbocycles. The Morgan fingerprint density at radius 1 is 1.71 bits per heavy atom. The minimum Gasteiger partial charge on any atom is -0.387 e. The molecule has 1 fully saturated rings. The molecule has 5 nitrogen and oxygen atoms in total. The summed E-state index contributed by atoms with van der Waals surface area (Å²) in [6.45, 7) is 2.45. The van der Waals surface area contributed by atoms with Gasteiger partial charge in [-0.3, -0.25) is 0 Å². The van der Waals surface area contributed by atoms with Crippen molar-refractivity contribution in [2.75, 3.05) is 6.54 Å². The molecule has 1 atom stereocenters. The molecule has 1 aromatic heterocycles. The number of aliphatic hydroxyl groups excluding tert-OH is 1. The molecule has 0 aliphatic heterocycles. The summed E-state index contributed by atoms with van der Waals surface area (Å²) in [4.78, 5) is 0. The maximum Gasteiger partial charge on any atom is 0.111 e. The summed E-state index contributed by atoms with van der Waals surface area (Å²) in [5.74, 6) is 0.638. The normalized spacial score (nSPS) is 28.5. The molecule has 1 heterocycles. The molecule has 14 heavy (non-hydrogen) atoms. The Balaban J connectivity index is 1.98. The first-order chi connectivity index (χ1) is 6.70. The third-order valence-electron chi connectivity index (χ3n) is 2.87. The second-order valence-corrected chi connectivity index (χ2v) is 4.03. The summed E-state index contributed by atoms with van der Waals surface area (Å²) in [7, 11) is 0. The van der Waals surface area contributed by atoms with Gasteiger partial charge in [0.25, 0.3) is 0 Å². The quantitative estimate of drug-likeness (QED) is 0.726. The predicted octanol–water partition coefficient (Wildman–Crippen LogP) is 0.241. The van der Waals surface area contributed by atoms with Gasteiger partial charge in [-0.25, -0.2) is 4.68 Å². The van der Waals surface area contributed by atoms with Gasteiger partial charge in [0, 0.05) is 0 Å². The molecule has 0 bridgehead atoms. The minimum atomic E-state index is -0.533. The Labute approximate surface area is 82.9 Å². The van der Waals surface area contributed by atoms with Crippen molar-refractivity contribution in [1.29, 1.82) is 0 Å². The molecule has 78 valence electrons. The highest BCUT2D eigenvalue weighted by atomic mass is 16.3. The number of rotatable bonds is 3. The van der Waals surface area contributed by atoms with Gasteiger partial charge in [-0.1, -0.05) is 5.21 Å². The van der Waals surface area contributed by atoms with Gasteiger partial charge < -0.3 is 10.8 Å². The van der Waals surface area contributed by atoms with E-state index in [1.54, 1.807) is 6.92 Å². The van der Waals surface area contributed by atoms with Gasteiger partial charge in [0.2, 0.25) is 0 Å². The van der Waals surface area contributed by atoms with Crippen LogP contribution in [0, 0.1) is 5.92 Å². The van der Waals surface area contributed by atoms with Crippen molar-refractivity contribution in [3.63, 3.8) is 0 Å². The first-order valence-corrected chi connectivity index (χ1v) is 5.00.